The quantitative estimate of drug-likeness (QED) is 0.522. The molecule has 2 amide bonds. The number of thiophene rings is 1. The van der Waals surface area contributed by atoms with Crippen LogP contribution in [-0.2, 0) is 16.1 Å². The van der Waals surface area contributed by atoms with E-state index in [2.05, 4.69) is 10.3 Å². The molecule has 0 radical (unpaired) electrons. The van der Waals surface area contributed by atoms with Crippen LogP contribution in [0.1, 0.15) is 58.7 Å². The maximum Gasteiger partial charge on any atom is 0.340 e. The number of ether oxygens (including phenoxy) is 1. The molecule has 1 aliphatic heterocycles. The summed E-state index contributed by atoms with van der Waals surface area (Å²) >= 11 is 1.10. The molecule has 3 aromatic rings. The standard InChI is InChI=1S/C25H28N4O5S/c1-4-34-25(33)17-10-5-6-11-18(17)27-22(31)21-16(3)20-23(35-21)26-14-28(24(20)32)13-19(30)29-12-8-7-9-15(29)2/h5-6,10-11,14-15H,4,7-9,12-13H2,1-3H3,(H,27,31). The van der Waals surface area contributed by atoms with Crippen LogP contribution in [0.5, 0.6) is 0 Å². The number of aromatic nitrogens is 2. The molecule has 1 atom stereocenters. The average molecular weight is 497 g/mol. The number of nitrogens with one attached hydrogen (secondary N) is 1. The number of amides is 2. The molecule has 9 nitrogen and oxygen atoms in total. The molecule has 2 aromatic heterocycles. The molecule has 0 saturated carbocycles. The largest absolute Gasteiger partial charge is 0.462 e. The van der Waals surface area contributed by atoms with Gasteiger partial charge in [0.2, 0.25) is 5.91 Å². The molecule has 35 heavy (non-hydrogen) atoms. The summed E-state index contributed by atoms with van der Waals surface area (Å²) in [6.07, 6.45) is 4.38. The van der Waals surface area contributed by atoms with Crippen LogP contribution >= 0.6 is 11.3 Å². The predicted molar refractivity (Wildman–Crippen MR) is 134 cm³/mol. The number of rotatable bonds is 6. The molecule has 4 rings (SSSR count). The smallest absolute Gasteiger partial charge is 0.340 e. The van der Waals surface area contributed by atoms with Gasteiger partial charge in [-0.25, -0.2) is 9.78 Å². The molecular formula is C25H28N4O5S. The number of carbonyl (C=O) groups is 3. The second kappa shape index (κ2) is 10.4. The van der Waals surface area contributed by atoms with E-state index in [4.69, 9.17) is 4.74 Å². The van der Waals surface area contributed by atoms with Crippen molar-refractivity contribution in [3.8, 4) is 0 Å². The fourth-order valence-electron chi connectivity index (χ4n) is 4.35. The van der Waals surface area contributed by atoms with Crippen molar-refractivity contribution in [2.45, 2.75) is 52.6 Å². The molecule has 184 valence electrons. The molecule has 1 fully saturated rings. The number of piperidine rings is 1. The summed E-state index contributed by atoms with van der Waals surface area (Å²) in [5, 5.41) is 3.08. The third-order valence-electron chi connectivity index (χ3n) is 6.22. The van der Waals surface area contributed by atoms with Gasteiger partial charge >= 0.3 is 5.97 Å². The first kappa shape index (κ1) is 24.6. The average Bonchev–Trinajstić information content (AvgIpc) is 3.18. The van der Waals surface area contributed by atoms with Crippen LogP contribution in [-0.4, -0.2) is 51.4 Å². The Balaban J connectivity index is 1.60. The molecule has 0 aliphatic carbocycles. The minimum atomic E-state index is -0.534. The lowest BCUT2D eigenvalue weighted by Gasteiger charge is -2.33. The highest BCUT2D eigenvalue weighted by molar-refractivity contribution is 7.20. The van der Waals surface area contributed by atoms with Crippen LogP contribution in [0.15, 0.2) is 35.4 Å². The first-order valence-corrected chi connectivity index (χ1v) is 12.5. The van der Waals surface area contributed by atoms with Crippen LogP contribution in [0.3, 0.4) is 0 Å². The summed E-state index contributed by atoms with van der Waals surface area (Å²) < 4.78 is 6.37. The molecule has 0 bridgehead atoms. The zero-order valence-electron chi connectivity index (χ0n) is 20.0. The third-order valence-corrected chi connectivity index (χ3v) is 7.42. The van der Waals surface area contributed by atoms with Gasteiger partial charge < -0.3 is 15.0 Å². The summed E-state index contributed by atoms with van der Waals surface area (Å²) in [4.78, 5) is 58.3. The van der Waals surface area contributed by atoms with E-state index in [-0.39, 0.29) is 36.2 Å². The van der Waals surface area contributed by atoms with Crippen LogP contribution in [0, 0.1) is 6.92 Å². The molecule has 1 aliphatic rings. The van der Waals surface area contributed by atoms with Crippen molar-refractivity contribution in [3.05, 3.63) is 57.0 Å². The van der Waals surface area contributed by atoms with Gasteiger partial charge in [0.25, 0.3) is 11.5 Å². The maximum atomic E-state index is 13.2. The van der Waals surface area contributed by atoms with Crippen LogP contribution in [0.2, 0.25) is 0 Å². The monoisotopic (exact) mass is 496 g/mol. The number of para-hydroxylation sites is 1. The lowest BCUT2D eigenvalue weighted by Crippen LogP contribution is -2.44. The van der Waals surface area contributed by atoms with Gasteiger partial charge in [-0.3, -0.25) is 19.0 Å². The second-order valence-corrected chi connectivity index (χ2v) is 9.57. The van der Waals surface area contributed by atoms with E-state index < -0.39 is 11.9 Å². The van der Waals surface area contributed by atoms with Crippen molar-refractivity contribution < 1.29 is 19.1 Å². The number of aryl methyl sites for hydroxylation is 1. The zero-order valence-corrected chi connectivity index (χ0v) is 20.8. The highest BCUT2D eigenvalue weighted by Crippen LogP contribution is 2.28. The van der Waals surface area contributed by atoms with Crippen molar-refractivity contribution in [1.29, 1.82) is 0 Å². The van der Waals surface area contributed by atoms with Crippen LogP contribution < -0.4 is 10.9 Å². The molecule has 1 N–H and O–H groups in total. The Kier molecular flexibility index (Phi) is 7.30. The van der Waals surface area contributed by atoms with E-state index in [0.29, 0.717) is 32.9 Å². The lowest BCUT2D eigenvalue weighted by molar-refractivity contribution is -0.135. The maximum absolute atomic E-state index is 13.2. The van der Waals surface area contributed by atoms with Crippen molar-refractivity contribution in [2.24, 2.45) is 0 Å². The second-order valence-electron chi connectivity index (χ2n) is 8.57. The number of hydrogen-bond donors (Lipinski definition) is 1. The number of anilines is 1. The first-order valence-electron chi connectivity index (χ1n) is 11.7. The van der Waals surface area contributed by atoms with E-state index in [1.54, 1.807) is 38.1 Å². The third kappa shape index (κ3) is 4.97. The van der Waals surface area contributed by atoms with Gasteiger partial charge in [0.05, 0.1) is 34.4 Å². The fourth-order valence-corrected chi connectivity index (χ4v) is 5.39. The Labute approximate surface area is 206 Å². The topological polar surface area (TPSA) is 111 Å². The van der Waals surface area contributed by atoms with Gasteiger partial charge in [0, 0.05) is 12.6 Å². The number of fused-ring (bicyclic) bond motifs is 1. The summed E-state index contributed by atoms with van der Waals surface area (Å²) in [6, 6.07) is 6.73. The number of esters is 1. The van der Waals surface area contributed by atoms with Crippen LogP contribution in [0.25, 0.3) is 10.2 Å². The Hall–Kier alpha value is -3.53. The van der Waals surface area contributed by atoms with E-state index in [1.165, 1.54) is 10.9 Å². The molecular weight excluding hydrogens is 468 g/mol. The van der Waals surface area contributed by atoms with Gasteiger partial charge in [0.1, 0.15) is 11.4 Å². The number of likely N-dealkylation sites (tertiary alicyclic amines) is 1. The fraction of sp³-hybridized carbons (Fsp3) is 0.400. The Morgan fingerprint density at radius 3 is 2.74 bits per heavy atom. The highest BCUT2D eigenvalue weighted by atomic mass is 32.1. The summed E-state index contributed by atoms with van der Waals surface area (Å²) in [6.45, 7) is 6.24. The predicted octanol–water partition coefficient (Wildman–Crippen LogP) is 3.60. The molecule has 3 heterocycles. The van der Waals surface area contributed by atoms with Crippen molar-refractivity contribution in [2.75, 3.05) is 18.5 Å². The minimum Gasteiger partial charge on any atom is -0.462 e. The summed E-state index contributed by atoms with van der Waals surface area (Å²) in [7, 11) is 0. The Bertz CT molecular complexity index is 1350. The summed E-state index contributed by atoms with van der Waals surface area (Å²) in [5.41, 5.74) is 0.696. The summed E-state index contributed by atoms with van der Waals surface area (Å²) in [5.74, 6) is -1.10. The van der Waals surface area contributed by atoms with Gasteiger partial charge in [-0.2, -0.15) is 0 Å². The Morgan fingerprint density at radius 1 is 1.23 bits per heavy atom. The van der Waals surface area contributed by atoms with Crippen molar-refractivity contribution in [3.63, 3.8) is 0 Å². The van der Waals surface area contributed by atoms with E-state index in [0.717, 1.165) is 30.6 Å². The van der Waals surface area contributed by atoms with Gasteiger partial charge in [-0.05, 0) is 57.7 Å². The van der Waals surface area contributed by atoms with E-state index in [9.17, 15) is 19.2 Å². The van der Waals surface area contributed by atoms with Crippen LogP contribution in [0.4, 0.5) is 5.69 Å². The number of hydrogen-bond acceptors (Lipinski definition) is 7. The van der Waals surface area contributed by atoms with Crippen molar-refractivity contribution in [1.82, 2.24) is 14.5 Å². The highest BCUT2D eigenvalue weighted by Gasteiger charge is 2.25. The minimum absolute atomic E-state index is 0.0875. The normalized spacial score (nSPS) is 15.7. The molecule has 1 unspecified atom stereocenters. The molecule has 1 aromatic carbocycles. The number of nitrogens with zero attached hydrogens (tertiary/aromatic N) is 3. The zero-order chi connectivity index (χ0) is 25.1. The first-order chi connectivity index (χ1) is 16.8. The van der Waals surface area contributed by atoms with Gasteiger partial charge in [-0.1, -0.05) is 12.1 Å². The lowest BCUT2D eigenvalue weighted by atomic mass is 10.0. The number of carbonyl (C=O) groups excluding carboxylic acids is 3. The molecule has 0 spiro atoms. The SMILES string of the molecule is CCOC(=O)c1ccccc1NC(=O)c1sc2ncn(CC(=O)N3CCCCC3C)c(=O)c2c1C. The van der Waals surface area contributed by atoms with Gasteiger partial charge in [-0.15, -0.1) is 11.3 Å². The van der Waals surface area contributed by atoms with Gasteiger partial charge in [0.15, 0.2) is 0 Å². The molecule has 1 saturated heterocycles. The molecule has 10 heteroatoms. The Morgan fingerprint density at radius 2 is 2.00 bits per heavy atom. The van der Waals surface area contributed by atoms with E-state index in [1.807, 2.05) is 11.8 Å². The number of benzene rings is 1. The van der Waals surface area contributed by atoms with E-state index >= 15 is 0 Å². The van der Waals surface area contributed by atoms with Crippen molar-refractivity contribution >= 4 is 45.0 Å².